The Bertz CT molecular complexity index is 819. The van der Waals surface area contributed by atoms with Crippen molar-refractivity contribution in [1.82, 2.24) is 14.8 Å². The lowest BCUT2D eigenvalue weighted by atomic mass is 9.99. The van der Waals surface area contributed by atoms with Crippen LogP contribution in [0.2, 0.25) is 0 Å². The van der Waals surface area contributed by atoms with E-state index < -0.39 is 0 Å². The Morgan fingerprint density at radius 3 is 2.64 bits per heavy atom. The summed E-state index contributed by atoms with van der Waals surface area (Å²) in [5, 5.41) is 0. The second kappa shape index (κ2) is 8.48. The third kappa shape index (κ3) is 4.20. The van der Waals surface area contributed by atoms with E-state index in [-0.39, 0.29) is 6.03 Å². The topological polar surface area (TPSA) is 64.1 Å². The molecule has 1 aromatic carbocycles. The van der Waals surface area contributed by atoms with Gasteiger partial charge in [-0.2, -0.15) is 0 Å². The molecule has 0 spiro atoms. The molecule has 0 atom stereocenters. The van der Waals surface area contributed by atoms with Crippen LogP contribution >= 0.6 is 0 Å². The van der Waals surface area contributed by atoms with E-state index in [2.05, 4.69) is 11.1 Å². The summed E-state index contributed by atoms with van der Waals surface area (Å²) in [6, 6.07) is 9.98. The quantitative estimate of drug-likeness (QED) is 0.812. The van der Waals surface area contributed by atoms with E-state index in [0.717, 1.165) is 35.7 Å². The SMILES string of the molecule is COc1ccc(COc2ccc3c(c2)CN(C(=O)N2CCOCC2)CC3)nc1. The first-order chi connectivity index (χ1) is 13.7. The zero-order chi connectivity index (χ0) is 19.3. The molecule has 2 aromatic rings. The van der Waals surface area contributed by atoms with Crippen molar-refractivity contribution in [3.05, 3.63) is 53.3 Å². The lowest BCUT2D eigenvalue weighted by Gasteiger charge is -2.35. The molecule has 0 radical (unpaired) electrons. The maximum absolute atomic E-state index is 12.8. The predicted octanol–water partition coefficient (Wildman–Crippen LogP) is 2.48. The van der Waals surface area contributed by atoms with Gasteiger partial charge in [-0.15, -0.1) is 0 Å². The number of hydrogen-bond acceptors (Lipinski definition) is 5. The maximum atomic E-state index is 12.8. The third-order valence-corrected chi connectivity index (χ3v) is 5.16. The van der Waals surface area contributed by atoms with Gasteiger partial charge in [0.1, 0.15) is 18.1 Å². The first-order valence-electron chi connectivity index (χ1n) is 9.58. The first kappa shape index (κ1) is 18.6. The van der Waals surface area contributed by atoms with Crippen molar-refractivity contribution in [1.29, 1.82) is 0 Å². The fourth-order valence-corrected chi connectivity index (χ4v) is 3.52. The number of rotatable bonds is 4. The second-order valence-electron chi connectivity index (χ2n) is 6.96. The summed E-state index contributed by atoms with van der Waals surface area (Å²) in [5.74, 6) is 1.51. The van der Waals surface area contributed by atoms with Crippen molar-refractivity contribution in [3.63, 3.8) is 0 Å². The van der Waals surface area contributed by atoms with Crippen LogP contribution in [0.5, 0.6) is 11.5 Å². The average Bonchev–Trinajstić information content (AvgIpc) is 2.77. The van der Waals surface area contributed by atoms with Crippen molar-refractivity contribution in [2.45, 2.75) is 19.6 Å². The number of urea groups is 1. The molecule has 28 heavy (non-hydrogen) atoms. The number of pyridine rings is 1. The van der Waals surface area contributed by atoms with Crippen molar-refractivity contribution >= 4 is 6.03 Å². The number of benzene rings is 1. The van der Waals surface area contributed by atoms with Crippen LogP contribution in [0.3, 0.4) is 0 Å². The second-order valence-corrected chi connectivity index (χ2v) is 6.96. The summed E-state index contributed by atoms with van der Waals surface area (Å²) in [6.07, 6.45) is 2.55. The number of fused-ring (bicyclic) bond motifs is 1. The van der Waals surface area contributed by atoms with Gasteiger partial charge in [0, 0.05) is 26.2 Å². The Morgan fingerprint density at radius 2 is 1.89 bits per heavy atom. The molecule has 2 amide bonds. The van der Waals surface area contributed by atoms with Gasteiger partial charge in [0.05, 0.1) is 32.2 Å². The third-order valence-electron chi connectivity index (χ3n) is 5.16. The molecule has 0 saturated carbocycles. The fourth-order valence-electron chi connectivity index (χ4n) is 3.52. The molecule has 1 fully saturated rings. The van der Waals surface area contributed by atoms with E-state index in [4.69, 9.17) is 14.2 Å². The molecule has 7 nitrogen and oxygen atoms in total. The van der Waals surface area contributed by atoms with Crippen LogP contribution in [0.15, 0.2) is 36.5 Å². The minimum absolute atomic E-state index is 0.0997. The molecule has 0 N–H and O–H groups in total. The predicted molar refractivity (Wildman–Crippen MR) is 103 cm³/mol. The molecule has 0 aliphatic carbocycles. The molecule has 7 heteroatoms. The van der Waals surface area contributed by atoms with Crippen LogP contribution in [-0.2, 0) is 24.3 Å². The molecular formula is C21H25N3O4. The molecule has 148 valence electrons. The van der Waals surface area contributed by atoms with Gasteiger partial charge >= 0.3 is 6.03 Å². The van der Waals surface area contributed by atoms with Gasteiger partial charge in [-0.1, -0.05) is 6.07 Å². The number of carbonyl (C=O) groups is 1. The summed E-state index contributed by atoms with van der Waals surface area (Å²) in [5.41, 5.74) is 3.26. The van der Waals surface area contributed by atoms with Crippen molar-refractivity contribution in [2.75, 3.05) is 40.0 Å². The van der Waals surface area contributed by atoms with Crippen molar-refractivity contribution < 1.29 is 19.0 Å². The van der Waals surface area contributed by atoms with Crippen molar-refractivity contribution in [2.24, 2.45) is 0 Å². The molecular weight excluding hydrogens is 358 g/mol. The molecule has 3 heterocycles. The smallest absolute Gasteiger partial charge is 0.320 e. The van der Waals surface area contributed by atoms with E-state index in [1.54, 1.807) is 13.3 Å². The highest BCUT2D eigenvalue weighted by molar-refractivity contribution is 5.75. The van der Waals surface area contributed by atoms with E-state index in [1.807, 2.05) is 34.1 Å². The highest BCUT2D eigenvalue weighted by atomic mass is 16.5. The van der Waals surface area contributed by atoms with Crippen LogP contribution < -0.4 is 9.47 Å². The first-order valence-corrected chi connectivity index (χ1v) is 9.58. The Hall–Kier alpha value is -2.80. The van der Waals surface area contributed by atoms with Gasteiger partial charge in [-0.3, -0.25) is 4.98 Å². The maximum Gasteiger partial charge on any atom is 0.320 e. The van der Waals surface area contributed by atoms with E-state index in [0.29, 0.717) is 39.5 Å². The van der Waals surface area contributed by atoms with E-state index in [1.165, 1.54) is 5.56 Å². The normalized spacial score (nSPS) is 16.5. The Balaban J connectivity index is 1.39. The van der Waals surface area contributed by atoms with Crippen LogP contribution in [0.1, 0.15) is 16.8 Å². The monoisotopic (exact) mass is 383 g/mol. The lowest BCUT2D eigenvalue weighted by molar-refractivity contribution is 0.0421. The van der Waals surface area contributed by atoms with Crippen LogP contribution in [0, 0.1) is 0 Å². The van der Waals surface area contributed by atoms with E-state index >= 15 is 0 Å². The molecule has 2 aliphatic heterocycles. The number of ether oxygens (including phenoxy) is 3. The summed E-state index contributed by atoms with van der Waals surface area (Å²) in [6.45, 7) is 4.32. The number of amides is 2. The highest BCUT2D eigenvalue weighted by Crippen LogP contribution is 2.25. The zero-order valence-electron chi connectivity index (χ0n) is 16.1. The molecule has 0 bridgehead atoms. The highest BCUT2D eigenvalue weighted by Gasteiger charge is 2.26. The molecule has 1 saturated heterocycles. The minimum Gasteiger partial charge on any atom is -0.495 e. The number of aromatic nitrogens is 1. The van der Waals surface area contributed by atoms with Crippen LogP contribution in [-0.4, -0.2) is 60.8 Å². The Morgan fingerprint density at radius 1 is 1.07 bits per heavy atom. The average molecular weight is 383 g/mol. The summed E-state index contributed by atoms with van der Waals surface area (Å²) < 4.78 is 16.4. The zero-order valence-corrected chi connectivity index (χ0v) is 16.1. The number of nitrogens with zero attached hydrogens (tertiary/aromatic N) is 3. The summed E-state index contributed by atoms with van der Waals surface area (Å²) >= 11 is 0. The molecule has 2 aliphatic rings. The largest absolute Gasteiger partial charge is 0.495 e. The van der Waals surface area contributed by atoms with Gasteiger partial charge in [0.25, 0.3) is 0 Å². The number of hydrogen-bond donors (Lipinski definition) is 0. The van der Waals surface area contributed by atoms with Gasteiger partial charge in [-0.05, 0) is 41.8 Å². The fraction of sp³-hybridized carbons (Fsp3) is 0.429. The van der Waals surface area contributed by atoms with Gasteiger partial charge in [0.15, 0.2) is 0 Å². The van der Waals surface area contributed by atoms with E-state index in [9.17, 15) is 4.79 Å². The van der Waals surface area contributed by atoms with Crippen LogP contribution in [0.25, 0.3) is 0 Å². The Labute approximate surface area is 164 Å². The van der Waals surface area contributed by atoms with Gasteiger partial charge in [-0.25, -0.2) is 4.79 Å². The number of carbonyl (C=O) groups excluding carboxylic acids is 1. The number of morpholine rings is 1. The standard InChI is InChI=1S/C21H25N3O4/c1-26-20-5-3-18(22-13-20)15-28-19-4-2-16-6-7-24(14-17(16)12-19)21(25)23-8-10-27-11-9-23/h2-5,12-13H,6-11,14-15H2,1H3. The number of methoxy groups -OCH3 is 1. The molecule has 4 rings (SSSR count). The lowest BCUT2D eigenvalue weighted by Crippen LogP contribution is -2.49. The van der Waals surface area contributed by atoms with Gasteiger partial charge in [0.2, 0.25) is 0 Å². The van der Waals surface area contributed by atoms with Crippen molar-refractivity contribution in [3.8, 4) is 11.5 Å². The molecule has 0 unspecified atom stereocenters. The van der Waals surface area contributed by atoms with Gasteiger partial charge < -0.3 is 24.0 Å². The van der Waals surface area contributed by atoms with Crippen LogP contribution in [0.4, 0.5) is 4.79 Å². The molecule has 1 aromatic heterocycles. The summed E-state index contributed by atoms with van der Waals surface area (Å²) in [7, 11) is 1.62. The summed E-state index contributed by atoms with van der Waals surface area (Å²) in [4.78, 5) is 20.9. The Kier molecular flexibility index (Phi) is 5.62. The minimum atomic E-state index is 0.0997.